The van der Waals surface area contributed by atoms with Crippen LogP contribution in [-0.4, -0.2) is 60.3 Å². The van der Waals surface area contributed by atoms with E-state index in [1.165, 1.54) is 25.9 Å². The lowest BCUT2D eigenvalue weighted by molar-refractivity contribution is 0.0952. The Morgan fingerprint density at radius 2 is 1.84 bits per heavy atom. The van der Waals surface area contributed by atoms with Gasteiger partial charge in [0.15, 0.2) is 0 Å². The summed E-state index contributed by atoms with van der Waals surface area (Å²) in [7, 11) is 0. The number of urea groups is 1. The molecule has 7 nitrogen and oxygen atoms in total. The van der Waals surface area contributed by atoms with Crippen molar-refractivity contribution in [3.63, 3.8) is 0 Å². The van der Waals surface area contributed by atoms with Crippen molar-refractivity contribution in [3.05, 3.63) is 47.2 Å². The van der Waals surface area contributed by atoms with Gasteiger partial charge in [-0.05, 0) is 88.6 Å². The highest BCUT2D eigenvalue weighted by Crippen LogP contribution is 2.36. The van der Waals surface area contributed by atoms with Gasteiger partial charge in [0.2, 0.25) is 0 Å². The molecule has 2 aromatic rings. The number of aromatic nitrogens is 1. The zero-order chi connectivity index (χ0) is 22.5. The van der Waals surface area contributed by atoms with Crippen molar-refractivity contribution in [3.8, 4) is 0 Å². The van der Waals surface area contributed by atoms with Crippen LogP contribution < -0.4 is 15.5 Å². The molecule has 2 aliphatic rings. The van der Waals surface area contributed by atoms with Gasteiger partial charge in [0.1, 0.15) is 5.03 Å². The quantitative estimate of drug-likeness (QED) is 0.645. The first-order valence-electron chi connectivity index (χ1n) is 11.3. The van der Waals surface area contributed by atoms with E-state index in [9.17, 15) is 9.59 Å². The van der Waals surface area contributed by atoms with Crippen LogP contribution >= 0.6 is 11.8 Å². The zero-order valence-corrected chi connectivity index (χ0v) is 19.6. The number of aryl methyl sites for hydroxylation is 2. The van der Waals surface area contributed by atoms with Crippen molar-refractivity contribution >= 4 is 35.1 Å². The maximum Gasteiger partial charge on any atom is 0.326 e. The average Bonchev–Trinajstić information content (AvgIpc) is 3.30. The number of fused-ring (bicyclic) bond motifs is 1. The van der Waals surface area contributed by atoms with E-state index >= 15 is 0 Å². The molecule has 2 N–H and O–H groups in total. The molecular formula is C24H31N5O2S. The number of hydrogen-bond donors (Lipinski definition) is 2. The molecule has 3 heterocycles. The van der Waals surface area contributed by atoms with Crippen LogP contribution in [0, 0.1) is 13.8 Å². The number of nitrogens with one attached hydrogen (secondary N) is 2. The molecule has 2 aliphatic heterocycles. The Bertz CT molecular complexity index is 973. The molecule has 1 aromatic carbocycles. The van der Waals surface area contributed by atoms with Gasteiger partial charge in [-0.1, -0.05) is 0 Å². The predicted octanol–water partition coefficient (Wildman–Crippen LogP) is 4.06. The Labute approximate surface area is 194 Å². The van der Waals surface area contributed by atoms with Crippen LogP contribution in [0.1, 0.15) is 40.9 Å². The Hall–Kier alpha value is -2.58. The van der Waals surface area contributed by atoms with E-state index in [4.69, 9.17) is 0 Å². The zero-order valence-electron chi connectivity index (χ0n) is 18.8. The number of pyridine rings is 1. The van der Waals surface area contributed by atoms with Crippen LogP contribution in [0.2, 0.25) is 0 Å². The van der Waals surface area contributed by atoms with Crippen LogP contribution in [0.5, 0.6) is 0 Å². The molecule has 0 saturated carbocycles. The number of benzene rings is 1. The second kappa shape index (κ2) is 10.4. The number of hydrogen-bond acceptors (Lipinski definition) is 5. The minimum atomic E-state index is -0.181. The summed E-state index contributed by atoms with van der Waals surface area (Å²) in [5.74, 6) is 0.732. The van der Waals surface area contributed by atoms with E-state index in [2.05, 4.69) is 20.5 Å². The number of nitrogens with zero attached hydrogens (tertiary/aromatic N) is 3. The van der Waals surface area contributed by atoms with Crippen LogP contribution in [-0.2, 0) is 0 Å². The van der Waals surface area contributed by atoms with Crippen molar-refractivity contribution in [2.75, 3.05) is 48.7 Å². The summed E-state index contributed by atoms with van der Waals surface area (Å²) in [6.45, 7) is 8.69. The number of carbonyl (C=O) groups is 2. The Balaban J connectivity index is 1.31. The number of carbonyl (C=O) groups excluding carboxylic acids is 2. The molecule has 0 bridgehead atoms. The summed E-state index contributed by atoms with van der Waals surface area (Å²) in [6.07, 6.45) is 3.53. The number of anilines is 2. The first-order chi connectivity index (χ1) is 15.5. The smallest absolute Gasteiger partial charge is 0.326 e. The highest BCUT2D eigenvalue weighted by molar-refractivity contribution is 7.99. The summed E-state index contributed by atoms with van der Waals surface area (Å²) in [5, 5.41) is 6.85. The summed E-state index contributed by atoms with van der Waals surface area (Å²) < 4.78 is 0. The van der Waals surface area contributed by atoms with Crippen LogP contribution in [0.15, 0.2) is 35.4 Å². The molecule has 0 atom stereocenters. The van der Waals surface area contributed by atoms with Crippen molar-refractivity contribution in [2.45, 2.75) is 38.1 Å². The van der Waals surface area contributed by atoms with E-state index in [1.807, 2.05) is 19.9 Å². The average molecular weight is 454 g/mol. The third-order valence-electron chi connectivity index (χ3n) is 5.88. The maximum atomic E-state index is 13.0. The van der Waals surface area contributed by atoms with Crippen LogP contribution in [0.3, 0.4) is 0 Å². The monoisotopic (exact) mass is 453 g/mol. The number of rotatable bonds is 6. The van der Waals surface area contributed by atoms with Gasteiger partial charge >= 0.3 is 6.03 Å². The molecule has 170 valence electrons. The summed E-state index contributed by atoms with van der Waals surface area (Å²) >= 11 is 1.68. The molecule has 0 unspecified atom stereocenters. The lowest BCUT2D eigenvalue weighted by Gasteiger charge is -2.30. The summed E-state index contributed by atoms with van der Waals surface area (Å²) in [4.78, 5) is 34.2. The largest absolute Gasteiger partial charge is 0.352 e. The van der Waals surface area contributed by atoms with E-state index in [-0.39, 0.29) is 11.9 Å². The molecule has 1 saturated heterocycles. The van der Waals surface area contributed by atoms with Gasteiger partial charge in [-0.3, -0.25) is 9.69 Å². The molecule has 1 aromatic heterocycles. The van der Waals surface area contributed by atoms with E-state index in [0.717, 1.165) is 40.7 Å². The van der Waals surface area contributed by atoms with E-state index in [0.29, 0.717) is 24.3 Å². The van der Waals surface area contributed by atoms with Gasteiger partial charge in [-0.15, -0.1) is 11.8 Å². The number of likely N-dealkylation sites (tertiary alicyclic amines) is 1. The normalized spacial score (nSPS) is 16.0. The molecule has 3 amide bonds. The van der Waals surface area contributed by atoms with Gasteiger partial charge in [-0.25, -0.2) is 9.78 Å². The van der Waals surface area contributed by atoms with E-state index < -0.39 is 0 Å². The van der Waals surface area contributed by atoms with E-state index in [1.54, 1.807) is 40.9 Å². The second-order valence-corrected chi connectivity index (χ2v) is 9.48. The SMILES string of the molecule is Cc1cc(C)c2c(n1)SCCN2C(=O)Nc1ccc(C(=O)NCCCN2CCCC2)cc1. The highest BCUT2D eigenvalue weighted by atomic mass is 32.2. The lowest BCUT2D eigenvalue weighted by Crippen LogP contribution is -2.39. The predicted molar refractivity (Wildman–Crippen MR) is 130 cm³/mol. The first-order valence-corrected chi connectivity index (χ1v) is 12.3. The Morgan fingerprint density at radius 1 is 1.09 bits per heavy atom. The van der Waals surface area contributed by atoms with Crippen LogP contribution in [0.25, 0.3) is 0 Å². The summed E-state index contributed by atoms with van der Waals surface area (Å²) in [6, 6.07) is 8.87. The first kappa shape index (κ1) is 22.6. The topological polar surface area (TPSA) is 77.6 Å². The third kappa shape index (κ3) is 5.42. The standard InChI is InChI=1S/C24H31N5O2S/c1-17-16-18(2)26-23-21(17)29(14-15-32-23)24(31)27-20-8-6-19(7-9-20)22(30)25-10-5-13-28-11-3-4-12-28/h6-9,16H,3-5,10-15H2,1-2H3,(H,25,30)(H,27,31). The Kier molecular flexibility index (Phi) is 7.32. The third-order valence-corrected chi connectivity index (χ3v) is 6.83. The van der Waals surface area contributed by atoms with Crippen molar-refractivity contribution in [1.82, 2.24) is 15.2 Å². The lowest BCUT2D eigenvalue weighted by atomic mass is 10.2. The maximum absolute atomic E-state index is 13.0. The fourth-order valence-corrected chi connectivity index (χ4v) is 5.37. The van der Waals surface area contributed by atoms with Crippen LogP contribution in [0.4, 0.5) is 16.2 Å². The minimum absolute atomic E-state index is 0.0802. The number of thioether (sulfide) groups is 1. The fraction of sp³-hybridized carbons (Fsp3) is 0.458. The van der Waals surface area contributed by atoms with Crippen molar-refractivity contribution < 1.29 is 9.59 Å². The van der Waals surface area contributed by atoms with Gasteiger partial charge in [-0.2, -0.15) is 0 Å². The molecule has 0 radical (unpaired) electrons. The molecule has 4 rings (SSSR count). The second-order valence-electron chi connectivity index (χ2n) is 8.40. The molecule has 0 aliphatic carbocycles. The van der Waals surface area contributed by atoms with Crippen molar-refractivity contribution in [1.29, 1.82) is 0 Å². The molecule has 1 fully saturated rings. The fourth-order valence-electron chi connectivity index (χ4n) is 4.28. The van der Waals surface area contributed by atoms with Gasteiger partial charge in [0.05, 0.1) is 5.69 Å². The molecule has 8 heteroatoms. The van der Waals surface area contributed by atoms with Gasteiger partial charge in [0.25, 0.3) is 5.91 Å². The molecule has 0 spiro atoms. The Morgan fingerprint density at radius 3 is 2.59 bits per heavy atom. The summed E-state index contributed by atoms with van der Waals surface area (Å²) in [5.41, 5.74) is 4.15. The van der Waals surface area contributed by atoms with Gasteiger partial charge < -0.3 is 15.5 Å². The van der Waals surface area contributed by atoms with Gasteiger partial charge in [0, 0.05) is 35.8 Å². The minimum Gasteiger partial charge on any atom is -0.352 e. The molecule has 32 heavy (non-hydrogen) atoms. The molecular weight excluding hydrogens is 422 g/mol. The van der Waals surface area contributed by atoms with Crippen molar-refractivity contribution in [2.24, 2.45) is 0 Å². The highest BCUT2D eigenvalue weighted by Gasteiger charge is 2.26. The number of amides is 3.